The first-order valence-corrected chi connectivity index (χ1v) is 11.8. The molecule has 1 unspecified atom stereocenters. The Bertz CT molecular complexity index is 644. The molecular weight excluding hydrogens is 310 g/mol. The van der Waals surface area contributed by atoms with Gasteiger partial charge >= 0.3 is 0 Å². The van der Waals surface area contributed by atoms with Gasteiger partial charge in [0.25, 0.3) is 0 Å². The summed E-state index contributed by atoms with van der Waals surface area (Å²) in [6, 6.07) is 18.7. The Morgan fingerprint density at radius 2 is 1.42 bits per heavy atom. The highest BCUT2D eigenvalue weighted by molar-refractivity contribution is 6.81. The van der Waals surface area contributed by atoms with E-state index in [1.54, 1.807) is 0 Å². The van der Waals surface area contributed by atoms with Crippen LogP contribution in [0.2, 0.25) is 18.1 Å². The second-order valence-corrected chi connectivity index (χ2v) is 13.9. The number of hydrogen-bond acceptors (Lipinski definition) is 2. The Morgan fingerprint density at radius 1 is 0.917 bits per heavy atom. The molecule has 0 aromatic heterocycles. The number of benzene rings is 2. The van der Waals surface area contributed by atoms with Crippen molar-refractivity contribution in [2.75, 3.05) is 0 Å². The van der Waals surface area contributed by atoms with Crippen LogP contribution in [0.4, 0.5) is 0 Å². The van der Waals surface area contributed by atoms with Gasteiger partial charge < -0.3 is 10.8 Å². The van der Waals surface area contributed by atoms with E-state index in [-0.39, 0.29) is 11.1 Å². The lowest BCUT2D eigenvalue weighted by atomic mass is 10.0. The average molecular weight is 342 g/mol. The number of hydrogen-bond donors (Lipinski definition) is 2. The van der Waals surface area contributed by atoms with Crippen molar-refractivity contribution >= 4 is 8.07 Å². The lowest BCUT2D eigenvalue weighted by molar-refractivity contribution is 0.205. The lowest BCUT2D eigenvalue weighted by Gasteiger charge is -2.42. The molecular formula is C21H31NOSi. The second-order valence-electron chi connectivity index (χ2n) is 8.35. The summed E-state index contributed by atoms with van der Waals surface area (Å²) < 4.78 is 0. The van der Waals surface area contributed by atoms with Gasteiger partial charge in [0.2, 0.25) is 0 Å². The molecule has 130 valence electrons. The number of nitrogens with two attached hydrogens (primary N) is 1. The zero-order valence-electron chi connectivity index (χ0n) is 15.6. The average Bonchev–Trinajstić information content (AvgIpc) is 2.54. The monoisotopic (exact) mass is 341 g/mol. The van der Waals surface area contributed by atoms with Gasteiger partial charge in [-0.05, 0) is 28.1 Å². The Hall–Kier alpha value is -1.42. The van der Waals surface area contributed by atoms with Crippen LogP contribution in [0.3, 0.4) is 0 Å². The van der Waals surface area contributed by atoms with Crippen LogP contribution in [0.1, 0.15) is 26.3 Å². The van der Waals surface area contributed by atoms with Crippen LogP contribution in [0.5, 0.6) is 0 Å². The number of aliphatic hydroxyl groups is 1. The first kappa shape index (κ1) is 18.9. The van der Waals surface area contributed by atoms with Crippen molar-refractivity contribution in [1.29, 1.82) is 0 Å². The molecule has 0 fully saturated rings. The van der Waals surface area contributed by atoms with Gasteiger partial charge in [-0.15, -0.1) is 0 Å². The molecule has 0 saturated heterocycles. The molecule has 0 radical (unpaired) electrons. The van der Waals surface area contributed by atoms with Gasteiger partial charge in [-0.25, -0.2) is 0 Å². The standard InChI is InChI=1S/C21H31NOSi/c1-21(2,3)24(4,5)20(23)19(22)15-16-11-13-18(14-12-16)17-9-7-6-8-10-17/h6-14,19-20,23H,15,22H2,1-5H3/t19-,20?/m0/s1. The fourth-order valence-corrected chi connectivity index (χ4v) is 4.90. The molecule has 2 aromatic rings. The molecule has 0 aliphatic rings. The van der Waals surface area contributed by atoms with Crippen LogP contribution >= 0.6 is 0 Å². The Balaban J connectivity index is 2.08. The fourth-order valence-electron chi connectivity index (χ4n) is 2.83. The Kier molecular flexibility index (Phi) is 5.69. The van der Waals surface area contributed by atoms with Crippen molar-refractivity contribution in [3.05, 3.63) is 60.2 Å². The largest absolute Gasteiger partial charge is 0.395 e. The van der Waals surface area contributed by atoms with E-state index in [0.717, 1.165) is 0 Å². The normalized spacial score (nSPS) is 15.1. The highest BCUT2D eigenvalue weighted by Gasteiger charge is 2.43. The minimum absolute atomic E-state index is 0.126. The predicted molar refractivity (Wildman–Crippen MR) is 107 cm³/mol. The van der Waals surface area contributed by atoms with Crippen LogP contribution in [0, 0.1) is 0 Å². The van der Waals surface area contributed by atoms with Crippen molar-refractivity contribution < 1.29 is 5.11 Å². The maximum Gasteiger partial charge on any atom is 0.0885 e. The van der Waals surface area contributed by atoms with Crippen LogP contribution in [-0.2, 0) is 6.42 Å². The van der Waals surface area contributed by atoms with Crippen LogP contribution in [-0.4, -0.2) is 24.9 Å². The molecule has 0 heterocycles. The Labute approximate surface area is 147 Å². The third-order valence-electron chi connectivity index (χ3n) is 5.61. The van der Waals surface area contributed by atoms with Crippen molar-refractivity contribution in [2.24, 2.45) is 5.73 Å². The molecule has 2 rings (SSSR count). The fraction of sp³-hybridized carbons (Fsp3) is 0.429. The molecule has 2 atom stereocenters. The zero-order chi connectivity index (χ0) is 18.0. The molecule has 3 N–H and O–H groups in total. The minimum Gasteiger partial charge on any atom is -0.395 e. The van der Waals surface area contributed by atoms with Gasteiger partial charge in [0, 0.05) is 6.04 Å². The summed E-state index contributed by atoms with van der Waals surface area (Å²) in [6.45, 7) is 11.1. The predicted octanol–water partition coefficient (Wildman–Crippen LogP) is 4.63. The first-order valence-electron chi connectivity index (χ1n) is 8.71. The van der Waals surface area contributed by atoms with Crippen LogP contribution in [0.25, 0.3) is 11.1 Å². The lowest BCUT2D eigenvalue weighted by Crippen LogP contribution is -2.57. The topological polar surface area (TPSA) is 46.2 Å². The van der Waals surface area contributed by atoms with E-state index in [4.69, 9.17) is 5.73 Å². The molecule has 0 aliphatic heterocycles. The summed E-state index contributed by atoms with van der Waals surface area (Å²) in [5.41, 5.74) is 9.56. The van der Waals surface area contributed by atoms with Gasteiger partial charge in [0.15, 0.2) is 0 Å². The van der Waals surface area contributed by atoms with Crippen molar-refractivity contribution in [3.63, 3.8) is 0 Å². The molecule has 2 aromatic carbocycles. The molecule has 0 saturated carbocycles. The summed E-state index contributed by atoms with van der Waals surface area (Å²) in [6.07, 6.45) is 0.711. The Morgan fingerprint density at radius 3 is 1.92 bits per heavy atom. The SMILES string of the molecule is CC(C)(C)[Si](C)(C)C(O)[C@@H](N)Cc1ccc(-c2ccccc2)cc1. The molecule has 0 spiro atoms. The van der Waals surface area contributed by atoms with E-state index < -0.39 is 13.8 Å². The van der Waals surface area contributed by atoms with E-state index in [1.165, 1.54) is 16.7 Å². The van der Waals surface area contributed by atoms with Gasteiger partial charge in [0.05, 0.1) is 13.8 Å². The summed E-state index contributed by atoms with van der Waals surface area (Å²) in [7, 11) is -1.86. The molecule has 0 bridgehead atoms. The van der Waals surface area contributed by atoms with E-state index in [9.17, 15) is 5.11 Å². The molecule has 24 heavy (non-hydrogen) atoms. The van der Waals surface area contributed by atoms with Crippen molar-refractivity contribution in [2.45, 2.75) is 57.1 Å². The summed E-state index contributed by atoms with van der Waals surface area (Å²) in [5, 5.41) is 10.9. The molecule has 0 aliphatic carbocycles. The molecule has 2 nitrogen and oxygen atoms in total. The quantitative estimate of drug-likeness (QED) is 0.779. The van der Waals surface area contributed by atoms with E-state index in [0.29, 0.717) is 6.42 Å². The van der Waals surface area contributed by atoms with Gasteiger partial charge in [-0.3, -0.25) is 0 Å². The van der Waals surface area contributed by atoms with Crippen LogP contribution < -0.4 is 5.73 Å². The first-order chi connectivity index (χ1) is 11.1. The molecule has 0 amide bonds. The maximum atomic E-state index is 10.8. The van der Waals surface area contributed by atoms with Gasteiger partial charge in [0.1, 0.15) is 0 Å². The second kappa shape index (κ2) is 7.22. The summed E-state index contributed by atoms with van der Waals surface area (Å²) in [5.74, 6) is 0. The number of aliphatic hydroxyl groups excluding tert-OH is 1. The maximum absolute atomic E-state index is 10.8. The van der Waals surface area contributed by atoms with Crippen LogP contribution in [0.15, 0.2) is 54.6 Å². The highest BCUT2D eigenvalue weighted by Crippen LogP contribution is 2.39. The van der Waals surface area contributed by atoms with Gasteiger partial charge in [-0.2, -0.15) is 0 Å². The van der Waals surface area contributed by atoms with Crippen molar-refractivity contribution in [1.82, 2.24) is 0 Å². The molecule has 3 heteroatoms. The van der Waals surface area contributed by atoms with Gasteiger partial charge in [-0.1, -0.05) is 88.5 Å². The third kappa shape index (κ3) is 4.15. The highest BCUT2D eigenvalue weighted by atomic mass is 28.3. The van der Waals surface area contributed by atoms with E-state index in [1.807, 2.05) is 6.07 Å². The zero-order valence-corrected chi connectivity index (χ0v) is 16.6. The number of rotatable bonds is 5. The van der Waals surface area contributed by atoms with E-state index in [2.05, 4.69) is 82.4 Å². The van der Waals surface area contributed by atoms with E-state index >= 15 is 0 Å². The van der Waals surface area contributed by atoms with Crippen molar-refractivity contribution in [3.8, 4) is 11.1 Å². The summed E-state index contributed by atoms with van der Waals surface area (Å²) in [4.78, 5) is 0. The minimum atomic E-state index is -1.86. The smallest absolute Gasteiger partial charge is 0.0885 e. The summed E-state index contributed by atoms with van der Waals surface area (Å²) >= 11 is 0. The third-order valence-corrected chi connectivity index (χ3v) is 11.4.